The van der Waals surface area contributed by atoms with Gasteiger partial charge in [-0.25, -0.2) is 0 Å². The van der Waals surface area contributed by atoms with Crippen molar-refractivity contribution in [3.05, 3.63) is 41.8 Å². The lowest BCUT2D eigenvalue weighted by Gasteiger charge is -2.37. The second-order valence-electron chi connectivity index (χ2n) is 7.65. The number of aliphatic hydroxyl groups is 5. The predicted molar refractivity (Wildman–Crippen MR) is 113 cm³/mol. The zero-order valence-electron chi connectivity index (χ0n) is 18.1. The minimum atomic E-state index is -1.57. The number of carbonyl (C=O) groups is 2. The van der Waals surface area contributed by atoms with E-state index in [2.05, 4.69) is 4.74 Å². The number of rotatable bonds is 2. The van der Waals surface area contributed by atoms with Crippen LogP contribution in [0, 0.1) is 0 Å². The van der Waals surface area contributed by atoms with Crippen molar-refractivity contribution in [3.8, 4) is 11.5 Å². The van der Waals surface area contributed by atoms with E-state index in [0.717, 1.165) is 24.3 Å². The first-order valence-corrected chi connectivity index (χ1v) is 10.3. The van der Waals surface area contributed by atoms with Gasteiger partial charge in [-0.15, -0.1) is 0 Å². The zero-order chi connectivity index (χ0) is 24.3. The van der Waals surface area contributed by atoms with E-state index in [1.807, 2.05) is 12.2 Å². The lowest BCUT2D eigenvalue weighted by molar-refractivity contribution is -0.286. The van der Waals surface area contributed by atoms with Crippen LogP contribution < -0.4 is 14.4 Å². The summed E-state index contributed by atoms with van der Waals surface area (Å²) in [5, 5.41) is 44.7. The second-order valence-corrected chi connectivity index (χ2v) is 7.65. The first-order valence-electron chi connectivity index (χ1n) is 10.3. The summed E-state index contributed by atoms with van der Waals surface area (Å²) in [6.45, 7) is 2.33. The molecule has 1 amide bonds. The molecule has 1 aromatic carbocycles. The fraction of sp³-hybridized carbons (Fsp3) is 0.455. The van der Waals surface area contributed by atoms with Crippen molar-refractivity contribution in [3.63, 3.8) is 0 Å². The number of fused-ring (bicyclic) bond motifs is 1. The normalized spacial score (nSPS) is 28.1. The quantitative estimate of drug-likeness (QED) is 0.289. The van der Waals surface area contributed by atoms with Crippen LogP contribution in [-0.2, 0) is 14.3 Å². The molecular weight excluding hydrogens is 438 g/mol. The molecule has 0 saturated carbocycles. The third kappa shape index (κ3) is 5.41. The number of hydrogen-bond donors (Lipinski definition) is 5. The summed E-state index contributed by atoms with van der Waals surface area (Å²) in [6.07, 6.45) is -1.49. The monoisotopic (exact) mass is 465 g/mol. The molecule has 11 nitrogen and oxygen atoms in total. The van der Waals surface area contributed by atoms with Crippen LogP contribution in [0.3, 0.4) is 0 Å². The zero-order valence-corrected chi connectivity index (χ0v) is 18.1. The third-order valence-corrected chi connectivity index (χ3v) is 5.19. The van der Waals surface area contributed by atoms with Crippen LogP contribution in [0.15, 0.2) is 41.8 Å². The Labute approximate surface area is 189 Å². The second kappa shape index (κ2) is 10.4. The summed E-state index contributed by atoms with van der Waals surface area (Å²) >= 11 is 0. The fourth-order valence-electron chi connectivity index (χ4n) is 3.61. The molecule has 5 N–H and O–H groups in total. The number of hydrogen-bond acceptors (Lipinski definition) is 10. The number of nitrogens with zero attached hydrogens (tertiary/aromatic N) is 1. The van der Waals surface area contributed by atoms with Gasteiger partial charge >= 0.3 is 5.97 Å². The van der Waals surface area contributed by atoms with Crippen LogP contribution in [0.1, 0.15) is 26.7 Å². The molecular formula is C22H27NO10. The van der Waals surface area contributed by atoms with Gasteiger partial charge in [0.15, 0.2) is 12.0 Å². The SMILES string of the molecule is CC(=O)Oc1ccc2c(c1)OC1=C(C=CCC1)N2C(C)=O.OC[C@H]1OC(O)[C@H](O)[C@@H](O)[C@H]1O. The van der Waals surface area contributed by atoms with E-state index in [0.29, 0.717) is 17.2 Å². The molecule has 180 valence electrons. The Bertz CT molecular complexity index is 954. The van der Waals surface area contributed by atoms with Gasteiger partial charge in [-0.05, 0) is 24.6 Å². The molecule has 1 fully saturated rings. The molecule has 11 heteroatoms. The molecule has 33 heavy (non-hydrogen) atoms. The lowest BCUT2D eigenvalue weighted by atomic mass is 10.00. The standard InChI is InChI=1S/C16H15NO4.C6H12O6/c1-10(18)17-13-5-3-4-6-15(13)21-16-9-12(20-11(2)19)7-8-14(16)17;7-1-2-3(8)4(9)5(10)6(11)12-2/h3,5,7-9H,4,6H2,1-2H3;2-11H,1H2/t;2-,3+,4+,5-,6?/m.1/s1. The molecule has 1 unspecified atom stereocenters. The molecule has 1 saturated heterocycles. The highest BCUT2D eigenvalue weighted by Gasteiger charge is 2.42. The average Bonchev–Trinajstić information content (AvgIpc) is 2.78. The lowest BCUT2D eigenvalue weighted by Crippen LogP contribution is -2.58. The van der Waals surface area contributed by atoms with Crippen LogP contribution in [0.4, 0.5) is 5.69 Å². The van der Waals surface area contributed by atoms with Gasteiger partial charge in [0.1, 0.15) is 35.9 Å². The van der Waals surface area contributed by atoms with Crippen molar-refractivity contribution in [2.75, 3.05) is 11.5 Å². The molecule has 2 heterocycles. The van der Waals surface area contributed by atoms with E-state index < -0.39 is 43.3 Å². The van der Waals surface area contributed by atoms with E-state index >= 15 is 0 Å². The van der Waals surface area contributed by atoms with Crippen LogP contribution in [-0.4, -0.2) is 74.7 Å². The summed E-state index contributed by atoms with van der Waals surface area (Å²) in [7, 11) is 0. The summed E-state index contributed by atoms with van der Waals surface area (Å²) < 4.78 is 15.5. The number of esters is 1. The van der Waals surface area contributed by atoms with Gasteiger partial charge in [0.25, 0.3) is 0 Å². The van der Waals surface area contributed by atoms with Crippen LogP contribution >= 0.6 is 0 Å². The summed E-state index contributed by atoms with van der Waals surface area (Å²) in [4.78, 5) is 24.7. The Kier molecular flexibility index (Phi) is 7.84. The summed E-state index contributed by atoms with van der Waals surface area (Å²) in [5.41, 5.74) is 1.44. The molecule has 1 aromatic rings. The van der Waals surface area contributed by atoms with Crippen LogP contribution in [0.25, 0.3) is 0 Å². The first-order chi connectivity index (χ1) is 15.6. The van der Waals surface area contributed by atoms with Crippen LogP contribution in [0.2, 0.25) is 0 Å². The van der Waals surface area contributed by atoms with Crippen molar-refractivity contribution < 1.29 is 49.3 Å². The summed E-state index contributed by atoms with van der Waals surface area (Å²) in [5.74, 6) is 1.21. The average molecular weight is 465 g/mol. The van der Waals surface area contributed by atoms with Crippen LogP contribution in [0.5, 0.6) is 11.5 Å². The smallest absolute Gasteiger partial charge is 0.308 e. The maximum atomic E-state index is 12.0. The molecule has 0 spiro atoms. The molecule has 2 aliphatic heterocycles. The molecule has 0 radical (unpaired) electrons. The minimum absolute atomic E-state index is 0.0844. The van der Waals surface area contributed by atoms with E-state index in [9.17, 15) is 9.59 Å². The van der Waals surface area contributed by atoms with Gasteiger partial charge in [-0.2, -0.15) is 0 Å². The topological polar surface area (TPSA) is 166 Å². The number of allylic oxidation sites excluding steroid dienone is 3. The number of aliphatic hydroxyl groups excluding tert-OH is 5. The van der Waals surface area contributed by atoms with Crippen molar-refractivity contribution >= 4 is 17.6 Å². The molecule has 5 atom stereocenters. The minimum Gasteiger partial charge on any atom is -0.457 e. The highest BCUT2D eigenvalue weighted by molar-refractivity contribution is 5.98. The predicted octanol–water partition coefficient (Wildman–Crippen LogP) is -0.303. The molecule has 1 aliphatic carbocycles. The van der Waals surface area contributed by atoms with E-state index in [1.165, 1.54) is 13.8 Å². The maximum absolute atomic E-state index is 12.0. The van der Waals surface area contributed by atoms with Gasteiger partial charge < -0.3 is 39.7 Å². The van der Waals surface area contributed by atoms with Gasteiger partial charge in [-0.1, -0.05) is 6.08 Å². The fourth-order valence-corrected chi connectivity index (χ4v) is 3.61. The highest BCUT2D eigenvalue weighted by Crippen LogP contribution is 2.42. The Morgan fingerprint density at radius 3 is 2.48 bits per heavy atom. The molecule has 0 aromatic heterocycles. The van der Waals surface area contributed by atoms with Crippen molar-refractivity contribution in [2.45, 2.75) is 57.4 Å². The largest absolute Gasteiger partial charge is 0.457 e. The van der Waals surface area contributed by atoms with Gasteiger partial charge in [0.2, 0.25) is 5.91 Å². The third-order valence-electron chi connectivity index (χ3n) is 5.19. The van der Waals surface area contributed by atoms with Gasteiger partial charge in [0.05, 0.1) is 18.0 Å². The van der Waals surface area contributed by atoms with Gasteiger partial charge in [0, 0.05) is 26.3 Å². The van der Waals surface area contributed by atoms with E-state index in [-0.39, 0.29) is 5.91 Å². The van der Waals surface area contributed by atoms with Crippen molar-refractivity contribution in [2.24, 2.45) is 0 Å². The number of anilines is 1. The first kappa shape index (κ1) is 24.8. The van der Waals surface area contributed by atoms with Gasteiger partial charge in [-0.3, -0.25) is 14.5 Å². The van der Waals surface area contributed by atoms with E-state index in [4.69, 9.17) is 35.0 Å². The Morgan fingerprint density at radius 1 is 1.12 bits per heavy atom. The number of amides is 1. The molecule has 4 rings (SSSR count). The van der Waals surface area contributed by atoms with Crippen molar-refractivity contribution in [1.82, 2.24) is 0 Å². The Hall–Kier alpha value is -2.80. The van der Waals surface area contributed by atoms with E-state index in [1.54, 1.807) is 23.1 Å². The highest BCUT2D eigenvalue weighted by atomic mass is 16.6. The Balaban J connectivity index is 0.000000218. The number of ether oxygens (including phenoxy) is 3. The molecule has 3 aliphatic rings. The maximum Gasteiger partial charge on any atom is 0.308 e. The number of benzene rings is 1. The van der Waals surface area contributed by atoms with Crippen molar-refractivity contribution in [1.29, 1.82) is 0 Å². The Morgan fingerprint density at radius 2 is 1.85 bits per heavy atom. The number of carbonyl (C=O) groups excluding carboxylic acids is 2. The molecule has 0 bridgehead atoms. The summed E-state index contributed by atoms with van der Waals surface area (Å²) in [6, 6.07) is 5.01.